The van der Waals surface area contributed by atoms with Crippen molar-refractivity contribution in [2.24, 2.45) is 7.05 Å². The van der Waals surface area contributed by atoms with Crippen LogP contribution in [-0.2, 0) is 18.3 Å². The highest BCUT2D eigenvalue weighted by atomic mass is 32.2. The van der Waals surface area contributed by atoms with Crippen molar-refractivity contribution in [1.82, 2.24) is 19.3 Å². The van der Waals surface area contributed by atoms with E-state index in [2.05, 4.69) is 21.7 Å². The number of ether oxygens (including phenoxy) is 1. The van der Waals surface area contributed by atoms with Crippen molar-refractivity contribution in [2.75, 3.05) is 12.4 Å². The maximum absolute atomic E-state index is 12.6. The minimum atomic E-state index is 0.129. The lowest BCUT2D eigenvalue weighted by atomic mass is 10.2. The van der Waals surface area contributed by atoms with E-state index in [0.717, 1.165) is 48.1 Å². The summed E-state index contributed by atoms with van der Waals surface area (Å²) >= 11 is 1.42. The third kappa shape index (κ3) is 3.50. The van der Waals surface area contributed by atoms with Gasteiger partial charge in [0.05, 0.1) is 11.9 Å². The molecule has 0 amide bonds. The SMILES string of the molecule is Cc1cc(C(=O)CSc2nncn2C)c(C)n1C[C@H]1CCCO1. The van der Waals surface area contributed by atoms with E-state index in [1.54, 1.807) is 6.33 Å². The van der Waals surface area contributed by atoms with Crippen molar-refractivity contribution >= 4 is 17.5 Å². The molecule has 2 aromatic heterocycles. The Balaban J connectivity index is 1.69. The Morgan fingerprint density at radius 3 is 2.96 bits per heavy atom. The van der Waals surface area contributed by atoms with Crippen LogP contribution in [0.25, 0.3) is 0 Å². The van der Waals surface area contributed by atoms with Crippen LogP contribution in [0.4, 0.5) is 0 Å². The van der Waals surface area contributed by atoms with E-state index in [4.69, 9.17) is 4.74 Å². The predicted octanol–water partition coefficient (Wildman–Crippen LogP) is 2.39. The molecule has 3 heterocycles. The van der Waals surface area contributed by atoms with Gasteiger partial charge in [0, 0.05) is 37.2 Å². The van der Waals surface area contributed by atoms with Gasteiger partial charge >= 0.3 is 0 Å². The summed E-state index contributed by atoms with van der Waals surface area (Å²) in [6.45, 7) is 5.75. The molecule has 1 atom stereocenters. The molecule has 0 bridgehead atoms. The molecule has 7 heteroatoms. The first-order valence-electron chi connectivity index (χ1n) is 7.84. The summed E-state index contributed by atoms with van der Waals surface area (Å²) in [6.07, 6.45) is 4.14. The zero-order valence-electron chi connectivity index (χ0n) is 13.8. The summed E-state index contributed by atoms with van der Waals surface area (Å²) in [7, 11) is 1.88. The van der Waals surface area contributed by atoms with Gasteiger partial charge in [-0.1, -0.05) is 11.8 Å². The van der Waals surface area contributed by atoms with Gasteiger partial charge < -0.3 is 13.9 Å². The van der Waals surface area contributed by atoms with E-state index in [9.17, 15) is 4.79 Å². The minimum absolute atomic E-state index is 0.129. The number of nitrogens with zero attached hydrogens (tertiary/aromatic N) is 4. The number of ketones is 1. The molecule has 0 unspecified atom stereocenters. The van der Waals surface area contributed by atoms with Crippen LogP contribution in [0.3, 0.4) is 0 Å². The van der Waals surface area contributed by atoms with Gasteiger partial charge in [-0.15, -0.1) is 10.2 Å². The normalized spacial score (nSPS) is 17.8. The summed E-state index contributed by atoms with van der Waals surface area (Å²) in [4.78, 5) is 12.6. The van der Waals surface area contributed by atoms with Crippen molar-refractivity contribution < 1.29 is 9.53 Å². The van der Waals surface area contributed by atoms with E-state index in [-0.39, 0.29) is 11.9 Å². The molecule has 3 rings (SSSR count). The number of hydrogen-bond acceptors (Lipinski definition) is 5. The van der Waals surface area contributed by atoms with Gasteiger partial charge in [-0.2, -0.15) is 0 Å². The second kappa shape index (κ2) is 6.88. The van der Waals surface area contributed by atoms with Gasteiger partial charge in [0.1, 0.15) is 6.33 Å². The second-order valence-electron chi connectivity index (χ2n) is 5.97. The first kappa shape index (κ1) is 16.3. The summed E-state index contributed by atoms with van der Waals surface area (Å²) < 4.78 is 9.74. The van der Waals surface area contributed by atoms with Crippen molar-refractivity contribution in [3.05, 3.63) is 29.3 Å². The van der Waals surface area contributed by atoms with Gasteiger partial charge in [0.2, 0.25) is 0 Å². The summed E-state index contributed by atoms with van der Waals surface area (Å²) in [5, 5.41) is 8.58. The monoisotopic (exact) mass is 334 g/mol. The molecular weight excluding hydrogens is 312 g/mol. The predicted molar refractivity (Wildman–Crippen MR) is 88.9 cm³/mol. The average molecular weight is 334 g/mol. The van der Waals surface area contributed by atoms with Crippen LogP contribution in [0.1, 0.15) is 34.6 Å². The number of thioether (sulfide) groups is 1. The maximum atomic E-state index is 12.6. The number of carbonyl (C=O) groups is 1. The van der Waals surface area contributed by atoms with Crippen LogP contribution < -0.4 is 0 Å². The van der Waals surface area contributed by atoms with Gasteiger partial charge in [0.25, 0.3) is 0 Å². The molecule has 0 saturated carbocycles. The number of aryl methyl sites for hydroxylation is 2. The Kier molecular flexibility index (Phi) is 4.87. The Labute approximate surface area is 140 Å². The molecule has 1 saturated heterocycles. The topological polar surface area (TPSA) is 61.9 Å². The Hall–Kier alpha value is -1.60. The fourth-order valence-electron chi connectivity index (χ4n) is 2.97. The van der Waals surface area contributed by atoms with Gasteiger partial charge in [-0.3, -0.25) is 4.79 Å². The fraction of sp³-hybridized carbons (Fsp3) is 0.562. The van der Waals surface area contributed by atoms with E-state index in [1.165, 1.54) is 11.8 Å². The average Bonchev–Trinajstić information content (AvgIpc) is 3.23. The van der Waals surface area contributed by atoms with Crippen molar-refractivity contribution in [3.8, 4) is 0 Å². The van der Waals surface area contributed by atoms with Crippen molar-refractivity contribution in [1.29, 1.82) is 0 Å². The third-order valence-electron chi connectivity index (χ3n) is 4.29. The lowest BCUT2D eigenvalue weighted by molar-refractivity contribution is 0.0957. The lowest BCUT2D eigenvalue weighted by Gasteiger charge is -2.14. The van der Waals surface area contributed by atoms with E-state index in [1.807, 2.05) is 24.6 Å². The molecule has 0 aliphatic carbocycles. The molecule has 6 nitrogen and oxygen atoms in total. The molecule has 0 aromatic carbocycles. The zero-order chi connectivity index (χ0) is 16.4. The summed E-state index contributed by atoms with van der Waals surface area (Å²) in [5.74, 6) is 0.501. The summed E-state index contributed by atoms with van der Waals surface area (Å²) in [6, 6.07) is 1.99. The number of hydrogen-bond donors (Lipinski definition) is 0. The molecule has 23 heavy (non-hydrogen) atoms. The van der Waals surface area contributed by atoms with Crippen LogP contribution in [0.5, 0.6) is 0 Å². The molecule has 0 spiro atoms. The molecule has 0 N–H and O–H groups in total. The molecule has 2 aromatic rings. The van der Waals surface area contributed by atoms with Crippen LogP contribution in [0.15, 0.2) is 17.6 Å². The highest BCUT2D eigenvalue weighted by Gasteiger charge is 2.21. The highest BCUT2D eigenvalue weighted by Crippen LogP contribution is 2.22. The van der Waals surface area contributed by atoms with Gasteiger partial charge in [0.15, 0.2) is 10.9 Å². The number of rotatable bonds is 6. The van der Waals surface area contributed by atoms with E-state index >= 15 is 0 Å². The highest BCUT2D eigenvalue weighted by molar-refractivity contribution is 7.99. The first-order valence-corrected chi connectivity index (χ1v) is 8.83. The zero-order valence-corrected chi connectivity index (χ0v) is 14.6. The molecule has 124 valence electrons. The molecule has 1 aliphatic heterocycles. The minimum Gasteiger partial charge on any atom is -0.376 e. The molecule has 1 aliphatic rings. The smallest absolute Gasteiger partial charge is 0.191 e. The first-order chi connectivity index (χ1) is 11.1. The van der Waals surface area contributed by atoms with E-state index < -0.39 is 0 Å². The number of Topliss-reactive ketones (excluding diaryl/α,β-unsaturated/α-hetero) is 1. The quantitative estimate of drug-likeness (QED) is 0.599. The maximum Gasteiger partial charge on any atom is 0.191 e. The number of carbonyl (C=O) groups excluding carboxylic acids is 1. The van der Waals surface area contributed by atoms with Crippen LogP contribution in [0.2, 0.25) is 0 Å². The van der Waals surface area contributed by atoms with Crippen LogP contribution >= 0.6 is 11.8 Å². The fourth-order valence-corrected chi connectivity index (χ4v) is 3.74. The van der Waals surface area contributed by atoms with Crippen molar-refractivity contribution in [2.45, 2.75) is 44.5 Å². The van der Waals surface area contributed by atoms with Crippen molar-refractivity contribution in [3.63, 3.8) is 0 Å². The van der Waals surface area contributed by atoms with Gasteiger partial charge in [-0.05, 0) is 32.8 Å². The Morgan fingerprint density at radius 1 is 1.48 bits per heavy atom. The second-order valence-corrected chi connectivity index (χ2v) is 6.91. The molecule has 0 radical (unpaired) electrons. The Bertz CT molecular complexity index is 701. The van der Waals surface area contributed by atoms with E-state index in [0.29, 0.717) is 5.75 Å². The standard InChI is InChI=1S/C16H22N4O2S/c1-11-7-14(12(2)20(11)8-13-5-4-6-22-13)15(21)9-23-16-18-17-10-19(16)3/h7,10,13H,4-6,8-9H2,1-3H3/t13-/m1/s1. The number of aromatic nitrogens is 4. The molecule has 1 fully saturated rings. The summed E-state index contributed by atoms with van der Waals surface area (Å²) in [5.41, 5.74) is 2.95. The van der Waals surface area contributed by atoms with Crippen LogP contribution in [0, 0.1) is 13.8 Å². The largest absolute Gasteiger partial charge is 0.376 e. The molecular formula is C16H22N4O2S. The lowest BCUT2D eigenvalue weighted by Crippen LogP contribution is -2.17. The van der Waals surface area contributed by atoms with Crippen LogP contribution in [-0.4, -0.2) is 43.6 Å². The third-order valence-corrected chi connectivity index (χ3v) is 5.32. The van der Waals surface area contributed by atoms with Gasteiger partial charge in [-0.25, -0.2) is 0 Å². The Morgan fingerprint density at radius 2 is 2.30 bits per heavy atom.